The van der Waals surface area contributed by atoms with Crippen LogP contribution in [0, 0.1) is 0 Å². The van der Waals surface area contributed by atoms with Gasteiger partial charge in [0, 0.05) is 16.6 Å². The van der Waals surface area contributed by atoms with E-state index in [4.69, 9.17) is 23.8 Å². The van der Waals surface area contributed by atoms with Crippen LogP contribution in [0.15, 0.2) is 18.3 Å². The van der Waals surface area contributed by atoms with Gasteiger partial charge in [-0.2, -0.15) is 0 Å². The summed E-state index contributed by atoms with van der Waals surface area (Å²) >= 11 is 10.5. The van der Waals surface area contributed by atoms with Crippen LogP contribution in [0.4, 0.5) is 0 Å². The highest BCUT2D eigenvalue weighted by Crippen LogP contribution is 2.05. The molecular weight excluding hydrogens is 166 g/mol. The van der Waals surface area contributed by atoms with Crippen molar-refractivity contribution in [3.63, 3.8) is 0 Å². The Morgan fingerprint density at radius 2 is 2.30 bits per heavy atom. The zero-order chi connectivity index (χ0) is 7.56. The molecule has 0 radical (unpaired) electrons. The van der Waals surface area contributed by atoms with Crippen LogP contribution in [0.2, 0.25) is 5.15 Å². The lowest BCUT2D eigenvalue weighted by Gasteiger charge is -1.94. The number of halogens is 1. The van der Waals surface area contributed by atoms with Crippen molar-refractivity contribution in [3.05, 3.63) is 29.0 Å². The van der Waals surface area contributed by atoms with Gasteiger partial charge in [-0.05, 0) is 19.1 Å². The van der Waals surface area contributed by atoms with Crippen LogP contribution in [0.5, 0.6) is 0 Å². The van der Waals surface area contributed by atoms with E-state index in [1.54, 1.807) is 12.3 Å². The van der Waals surface area contributed by atoms with Crippen molar-refractivity contribution >= 4 is 28.7 Å². The van der Waals surface area contributed by atoms with Crippen LogP contribution < -0.4 is 0 Å². The van der Waals surface area contributed by atoms with Crippen LogP contribution in [0.3, 0.4) is 0 Å². The second-order valence-electron chi connectivity index (χ2n) is 1.93. The summed E-state index contributed by atoms with van der Waals surface area (Å²) in [6, 6.07) is 3.59. The molecule has 0 fully saturated rings. The second kappa shape index (κ2) is 3.08. The van der Waals surface area contributed by atoms with E-state index in [9.17, 15) is 0 Å². The van der Waals surface area contributed by atoms with Crippen LogP contribution in [0.1, 0.15) is 12.5 Å². The minimum Gasteiger partial charge on any atom is -0.244 e. The SMILES string of the molecule is CC(=S)c1ccc(Cl)nc1. The van der Waals surface area contributed by atoms with Gasteiger partial charge in [0.05, 0.1) is 0 Å². The minimum absolute atomic E-state index is 0.500. The lowest BCUT2D eigenvalue weighted by atomic mass is 10.2. The lowest BCUT2D eigenvalue weighted by molar-refractivity contribution is 1.32. The Balaban J connectivity index is 3.00. The number of hydrogen-bond acceptors (Lipinski definition) is 2. The summed E-state index contributed by atoms with van der Waals surface area (Å²) in [4.78, 5) is 4.72. The quantitative estimate of drug-likeness (QED) is 0.366. The summed E-state index contributed by atoms with van der Waals surface area (Å²) in [5.41, 5.74) is 0.958. The highest BCUT2D eigenvalue weighted by Gasteiger charge is 1.93. The van der Waals surface area contributed by atoms with Gasteiger partial charge >= 0.3 is 0 Å². The predicted molar refractivity (Wildman–Crippen MR) is 46.6 cm³/mol. The van der Waals surface area contributed by atoms with Crippen molar-refractivity contribution in [2.75, 3.05) is 0 Å². The molecule has 0 N–H and O–H groups in total. The Morgan fingerprint density at radius 1 is 1.60 bits per heavy atom. The molecule has 0 aliphatic carbocycles. The molecule has 1 aromatic rings. The molecule has 0 saturated carbocycles. The first kappa shape index (κ1) is 7.63. The summed E-state index contributed by atoms with van der Waals surface area (Å²) in [7, 11) is 0. The number of rotatable bonds is 1. The van der Waals surface area contributed by atoms with Gasteiger partial charge in [0.1, 0.15) is 5.15 Å². The second-order valence-corrected chi connectivity index (χ2v) is 2.93. The number of aromatic nitrogens is 1. The van der Waals surface area contributed by atoms with Gasteiger partial charge in [-0.25, -0.2) is 4.98 Å². The fourth-order valence-electron chi connectivity index (χ4n) is 0.584. The molecule has 0 amide bonds. The maximum atomic E-state index is 5.56. The molecule has 0 aliphatic rings. The van der Waals surface area contributed by atoms with E-state index < -0.39 is 0 Å². The third-order valence-electron chi connectivity index (χ3n) is 1.13. The molecule has 3 heteroatoms. The molecule has 1 rings (SSSR count). The average Bonchev–Trinajstić information content (AvgIpc) is 1.88. The maximum absolute atomic E-state index is 5.56. The van der Waals surface area contributed by atoms with Gasteiger partial charge in [-0.15, -0.1) is 0 Å². The van der Waals surface area contributed by atoms with Crippen molar-refractivity contribution in [2.45, 2.75) is 6.92 Å². The first-order chi connectivity index (χ1) is 4.70. The Morgan fingerprint density at radius 3 is 2.70 bits per heavy atom. The summed E-state index contributed by atoms with van der Waals surface area (Å²) in [5, 5.41) is 0.500. The zero-order valence-corrected chi connectivity index (χ0v) is 7.04. The molecule has 0 atom stereocenters. The molecule has 1 nitrogen and oxygen atoms in total. The van der Waals surface area contributed by atoms with Crippen molar-refractivity contribution < 1.29 is 0 Å². The Hall–Kier alpha value is -0.470. The molecule has 1 heterocycles. The number of hydrogen-bond donors (Lipinski definition) is 0. The molecule has 52 valence electrons. The van der Waals surface area contributed by atoms with E-state index in [0.29, 0.717) is 5.15 Å². The molecule has 0 saturated heterocycles. The van der Waals surface area contributed by atoms with Gasteiger partial charge in [0.2, 0.25) is 0 Å². The number of pyridine rings is 1. The van der Waals surface area contributed by atoms with Crippen molar-refractivity contribution in [3.8, 4) is 0 Å². The molecule has 1 aromatic heterocycles. The van der Waals surface area contributed by atoms with Crippen molar-refractivity contribution in [1.82, 2.24) is 4.98 Å². The zero-order valence-electron chi connectivity index (χ0n) is 5.47. The van der Waals surface area contributed by atoms with Crippen molar-refractivity contribution in [1.29, 1.82) is 0 Å². The highest BCUT2D eigenvalue weighted by molar-refractivity contribution is 7.80. The summed E-state index contributed by atoms with van der Waals surface area (Å²) in [6.07, 6.45) is 1.67. The number of thiocarbonyl (C=S) groups is 1. The van der Waals surface area contributed by atoms with Crippen LogP contribution >= 0.6 is 23.8 Å². The van der Waals surface area contributed by atoms with Crippen LogP contribution in [-0.4, -0.2) is 9.85 Å². The first-order valence-corrected chi connectivity index (χ1v) is 3.61. The smallest absolute Gasteiger partial charge is 0.129 e. The normalized spacial score (nSPS) is 9.40. The van der Waals surface area contributed by atoms with Crippen molar-refractivity contribution in [2.24, 2.45) is 0 Å². The summed E-state index contributed by atoms with van der Waals surface area (Å²) in [6.45, 7) is 1.86. The third-order valence-corrected chi connectivity index (χ3v) is 1.59. The summed E-state index contributed by atoms with van der Waals surface area (Å²) in [5.74, 6) is 0. The first-order valence-electron chi connectivity index (χ1n) is 2.82. The molecule has 0 aliphatic heterocycles. The summed E-state index contributed by atoms with van der Waals surface area (Å²) < 4.78 is 0. The Labute approximate surface area is 70.0 Å². The largest absolute Gasteiger partial charge is 0.244 e. The van der Waals surface area contributed by atoms with Gasteiger partial charge in [0.15, 0.2) is 0 Å². The van der Waals surface area contributed by atoms with Gasteiger partial charge in [-0.1, -0.05) is 23.8 Å². The van der Waals surface area contributed by atoms with Gasteiger partial charge in [0.25, 0.3) is 0 Å². The monoisotopic (exact) mass is 171 g/mol. The average molecular weight is 172 g/mol. The molecule has 0 spiro atoms. The molecular formula is C7H6ClNS. The Bertz CT molecular complexity index is 242. The third kappa shape index (κ3) is 1.75. The topological polar surface area (TPSA) is 12.9 Å². The van der Waals surface area contributed by atoms with E-state index in [-0.39, 0.29) is 0 Å². The van der Waals surface area contributed by atoms with Crippen LogP contribution in [-0.2, 0) is 0 Å². The fraction of sp³-hybridized carbons (Fsp3) is 0.143. The van der Waals surface area contributed by atoms with Gasteiger partial charge < -0.3 is 0 Å². The Kier molecular flexibility index (Phi) is 2.35. The van der Waals surface area contributed by atoms with E-state index in [0.717, 1.165) is 10.4 Å². The number of nitrogens with zero attached hydrogens (tertiary/aromatic N) is 1. The minimum atomic E-state index is 0.500. The van der Waals surface area contributed by atoms with E-state index in [1.807, 2.05) is 13.0 Å². The lowest BCUT2D eigenvalue weighted by Crippen LogP contribution is -1.89. The molecule has 0 bridgehead atoms. The maximum Gasteiger partial charge on any atom is 0.129 e. The van der Waals surface area contributed by atoms with E-state index in [2.05, 4.69) is 4.98 Å². The molecule has 10 heavy (non-hydrogen) atoms. The highest BCUT2D eigenvalue weighted by atomic mass is 35.5. The van der Waals surface area contributed by atoms with E-state index >= 15 is 0 Å². The van der Waals surface area contributed by atoms with Crippen LogP contribution in [0.25, 0.3) is 0 Å². The standard InChI is InChI=1S/C7H6ClNS/c1-5(10)6-2-3-7(8)9-4-6/h2-4H,1H3. The van der Waals surface area contributed by atoms with Gasteiger partial charge in [-0.3, -0.25) is 0 Å². The molecule has 0 aromatic carbocycles. The van der Waals surface area contributed by atoms with E-state index in [1.165, 1.54) is 0 Å². The predicted octanol–water partition coefficient (Wildman–Crippen LogP) is 2.47. The fourth-order valence-corrected chi connectivity index (χ4v) is 0.817. The molecule has 0 unspecified atom stereocenters.